The molecule has 0 aliphatic carbocycles. The predicted molar refractivity (Wildman–Crippen MR) is 77.4 cm³/mol. The Labute approximate surface area is 116 Å². The molecule has 0 radical (unpaired) electrons. The van der Waals surface area contributed by atoms with E-state index in [1.807, 2.05) is 44.0 Å². The zero-order chi connectivity index (χ0) is 14.3. The van der Waals surface area contributed by atoms with Crippen molar-refractivity contribution in [2.45, 2.75) is 13.8 Å². The molecule has 3 rings (SSSR count). The molecule has 0 aliphatic rings. The number of anilines is 2. The van der Waals surface area contributed by atoms with Gasteiger partial charge >= 0.3 is 0 Å². The minimum Gasteiger partial charge on any atom is -0.508 e. The Kier molecular flexibility index (Phi) is 2.82. The molecule has 0 saturated heterocycles. The summed E-state index contributed by atoms with van der Waals surface area (Å²) in [4.78, 5) is 10.8. The van der Waals surface area contributed by atoms with E-state index in [0.29, 0.717) is 11.5 Å². The highest BCUT2D eigenvalue weighted by Gasteiger charge is 2.15. The number of aromatic hydroxyl groups is 1. The Balaban J connectivity index is 2.15. The van der Waals surface area contributed by atoms with Gasteiger partial charge in [0.25, 0.3) is 0 Å². The lowest BCUT2D eigenvalue weighted by Gasteiger charge is -2.19. The number of phenolic OH excluding ortho intramolecular Hbond substituents is 1. The molecule has 0 spiro atoms. The van der Waals surface area contributed by atoms with Gasteiger partial charge in [0.1, 0.15) is 23.2 Å². The number of aromatic nitrogens is 2. The summed E-state index contributed by atoms with van der Waals surface area (Å²) in [5, 5.41) is 10.2. The van der Waals surface area contributed by atoms with E-state index in [2.05, 4.69) is 9.97 Å². The molecule has 1 aromatic carbocycles. The van der Waals surface area contributed by atoms with Crippen LogP contribution in [0.15, 0.2) is 34.7 Å². The van der Waals surface area contributed by atoms with Crippen LogP contribution >= 0.6 is 0 Å². The van der Waals surface area contributed by atoms with Crippen molar-refractivity contribution in [2.24, 2.45) is 0 Å². The number of benzene rings is 1. The second-order valence-electron chi connectivity index (χ2n) is 4.75. The second kappa shape index (κ2) is 4.52. The van der Waals surface area contributed by atoms with Crippen LogP contribution in [0.1, 0.15) is 11.6 Å². The van der Waals surface area contributed by atoms with Crippen molar-refractivity contribution in [3.8, 4) is 5.75 Å². The maximum absolute atomic E-state index is 9.37. The van der Waals surface area contributed by atoms with Crippen LogP contribution in [-0.2, 0) is 0 Å². The number of phenols is 1. The molecule has 0 aliphatic heterocycles. The van der Waals surface area contributed by atoms with Crippen LogP contribution < -0.4 is 4.90 Å². The first kappa shape index (κ1) is 12.5. The van der Waals surface area contributed by atoms with E-state index in [-0.39, 0.29) is 5.75 Å². The Morgan fingerprint density at radius 3 is 2.50 bits per heavy atom. The fourth-order valence-electron chi connectivity index (χ4n) is 2.18. The predicted octanol–water partition coefficient (Wildman–Crippen LogP) is 3.31. The highest BCUT2D eigenvalue weighted by molar-refractivity contribution is 5.89. The number of hydrogen-bond donors (Lipinski definition) is 1. The van der Waals surface area contributed by atoms with Crippen LogP contribution in [0.2, 0.25) is 0 Å². The maximum atomic E-state index is 9.37. The largest absolute Gasteiger partial charge is 0.508 e. The Bertz CT molecular complexity index is 763. The Morgan fingerprint density at radius 1 is 1.10 bits per heavy atom. The SMILES string of the molecule is Cc1nc(N(C)c2ccc(O)cc2)c2cc(C)oc2n1. The molecule has 5 heteroatoms. The zero-order valence-corrected chi connectivity index (χ0v) is 11.6. The molecule has 0 atom stereocenters. The second-order valence-corrected chi connectivity index (χ2v) is 4.75. The molecule has 0 saturated carbocycles. The van der Waals surface area contributed by atoms with Crippen molar-refractivity contribution < 1.29 is 9.52 Å². The van der Waals surface area contributed by atoms with Gasteiger partial charge in [0.05, 0.1) is 5.39 Å². The standard InChI is InChI=1S/C15H15N3O2/c1-9-8-13-14(16-10(2)17-15(13)20-9)18(3)11-4-6-12(19)7-5-11/h4-8,19H,1-3H3. The quantitative estimate of drug-likeness (QED) is 0.773. The lowest BCUT2D eigenvalue weighted by atomic mass is 10.2. The average molecular weight is 269 g/mol. The van der Waals surface area contributed by atoms with E-state index in [1.54, 1.807) is 12.1 Å². The monoisotopic (exact) mass is 269 g/mol. The fraction of sp³-hybridized carbons (Fsp3) is 0.200. The molecular formula is C15H15N3O2. The van der Waals surface area contributed by atoms with Crippen LogP contribution in [0, 0.1) is 13.8 Å². The van der Waals surface area contributed by atoms with Gasteiger partial charge in [-0.2, -0.15) is 4.98 Å². The van der Waals surface area contributed by atoms with Crippen LogP contribution in [0.4, 0.5) is 11.5 Å². The maximum Gasteiger partial charge on any atom is 0.231 e. The molecular weight excluding hydrogens is 254 g/mol. The van der Waals surface area contributed by atoms with Crippen molar-refractivity contribution in [3.63, 3.8) is 0 Å². The topological polar surface area (TPSA) is 62.4 Å². The molecule has 20 heavy (non-hydrogen) atoms. The molecule has 3 aromatic rings. The lowest BCUT2D eigenvalue weighted by Crippen LogP contribution is -2.12. The summed E-state index contributed by atoms with van der Waals surface area (Å²) in [6.45, 7) is 3.73. The number of nitrogens with zero attached hydrogens (tertiary/aromatic N) is 3. The van der Waals surface area contributed by atoms with Crippen molar-refractivity contribution in [2.75, 3.05) is 11.9 Å². The molecule has 0 fully saturated rings. The summed E-state index contributed by atoms with van der Waals surface area (Å²) >= 11 is 0. The molecule has 0 amide bonds. The Morgan fingerprint density at radius 2 is 1.80 bits per heavy atom. The molecule has 102 valence electrons. The fourth-order valence-corrected chi connectivity index (χ4v) is 2.18. The zero-order valence-electron chi connectivity index (χ0n) is 11.6. The minimum atomic E-state index is 0.241. The summed E-state index contributed by atoms with van der Waals surface area (Å²) in [5.41, 5.74) is 1.52. The van der Waals surface area contributed by atoms with Crippen LogP contribution in [0.5, 0.6) is 5.75 Å². The first-order valence-corrected chi connectivity index (χ1v) is 6.32. The normalized spacial score (nSPS) is 10.9. The first-order valence-electron chi connectivity index (χ1n) is 6.32. The van der Waals surface area contributed by atoms with Crippen LogP contribution in [-0.4, -0.2) is 22.1 Å². The third-order valence-corrected chi connectivity index (χ3v) is 3.16. The lowest BCUT2D eigenvalue weighted by molar-refractivity contribution is 0.475. The van der Waals surface area contributed by atoms with E-state index in [9.17, 15) is 5.11 Å². The third kappa shape index (κ3) is 2.07. The summed E-state index contributed by atoms with van der Waals surface area (Å²) in [5.74, 6) is 2.49. The highest BCUT2D eigenvalue weighted by Crippen LogP contribution is 2.31. The molecule has 2 aromatic heterocycles. The van der Waals surface area contributed by atoms with Gasteiger partial charge in [-0.15, -0.1) is 0 Å². The van der Waals surface area contributed by atoms with Gasteiger partial charge in [-0.3, -0.25) is 0 Å². The van der Waals surface area contributed by atoms with Crippen LogP contribution in [0.3, 0.4) is 0 Å². The molecule has 5 nitrogen and oxygen atoms in total. The van der Waals surface area contributed by atoms with Gasteiger partial charge < -0.3 is 14.4 Å². The van der Waals surface area contributed by atoms with Gasteiger partial charge in [0, 0.05) is 12.7 Å². The van der Waals surface area contributed by atoms with Crippen molar-refractivity contribution in [3.05, 3.63) is 41.9 Å². The van der Waals surface area contributed by atoms with Crippen LogP contribution in [0.25, 0.3) is 11.1 Å². The molecule has 2 heterocycles. The van der Waals surface area contributed by atoms with E-state index in [1.165, 1.54) is 0 Å². The van der Waals surface area contributed by atoms with Crippen molar-refractivity contribution in [1.82, 2.24) is 9.97 Å². The van der Waals surface area contributed by atoms with Crippen molar-refractivity contribution >= 4 is 22.6 Å². The summed E-state index contributed by atoms with van der Waals surface area (Å²) in [6, 6.07) is 8.91. The molecule has 0 unspecified atom stereocenters. The summed E-state index contributed by atoms with van der Waals surface area (Å²) in [7, 11) is 1.93. The number of furan rings is 1. The van der Waals surface area contributed by atoms with Gasteiger partial charge in [-0.1, -0.05) is 0 Å². The van der Waals surface area contributed by atoms with Gasteiger partial charge in [-0.25, -0.2) is 4.98 Å². The van der Waals surface area contributed by atoms with Crippen molar-refractivity contribution in [1.29, 1.82) is 0 Å². The summed E-state index contributed by atoms with van der Waals surface area (Å²) in [6.07, 6.45) is 0. The minimum absolute atomic E-state index is 0.241. The number of hydrogen-bond acceptors (Lipinski definition) is 5. The van der Waals surface area contributed by atoms with Gasteiger partial charge in [0.2, 0.25) is 5.71 Å². The van der Waals surface area contributed by atoms with E-state index >= 15 is 0 Å². The number of fused-ring (bicyclic) bond motifs is 1. The van der Waals surface area contributed by atoms with Gasteiger partial charge in [-0.05, 0) is 44.2 Å². The Hall–Kier alpha value is -2.56. The third-order valence-electron chi connectivity index (χ3n) is 3.16. The first-order chi connectivity index (χ1) is 9.54. The average Bonchev–Trinajstić information content (AvgIpc) is 2.78. The van der Waals surface area contributed by atoms with E-state index in [4.69, 9.17) is 4.42 Å². The highest BCUT2D eigenvalue weighted by atomic mass is 16.3. The van der Waals surface area contributed by atoms with Gasteiger partial charge in [0.15, 0.2) is 0 Å². The van der Waals surface area contributed by atoms with E-state index < -0.39 is 0 Å². The number of rotatable bonds is 2. The smallest absolute Gasteiger partial charge is 0.231 e. The molecule has 1 N–H and O–H groups in total. The van der Waals surface area contributed by atoms with E-state index in [0.717, 1.165) is 22.7 Å². The number of aryl methyl sites for hydroxylation is 2. The molecule has 0 bridgehead atoms. The summed E-state index contributed by atoms with van der Waals surface area (Å²) < 4.78 is 5.58.